The molecule has 3 rings (SSSR count). The van der Waals surface area contributed by atoms with Crippen LogP contribution in [0.3, 0.4) is 0 Å². The molecule has 0 radical (unpaired) electrons. The van der Waals surface area contributed by atoms with Crippen molar-refractivity contribution < 1.29 is 14.7 Å². The van der Waals surface area contributed by atoms with Gasteiger partial charge in [-0.3, -0.25) is 0 Å². The molecular weight excluding hydrogens is 306 g/mol. The fraction of sp³-hybridized carbons (Fsp3) is 0.556. The first kappa shape index (κ1) is 16.6. The number of benzene rings is 1. The predicted molar refractivity (Wildman–Crippen MR) is 92.2 cm³/mol. The summed E-state index contributed by atoms with van der Waals surface area (Å²) in [5, 5.41) is 14.9. The molecule has 2 aliphatic rings. The first-order chi connectivity index (χ1) is 11.6. The van der Waals surface area contributed by atoms with Crippen LogP contribution in [0.4, 0.5) is 15.3 Å². The van der Waals surface area contributed by atoms with Crippen LogP contribution in [0.2, 0.25) is 0 Å². The van der Waals surface area contributed by atoms with Gasteiger partial charge in [-0.05, 0) is 48.4 Å². The smallest absolute Gasteiger partial charge is 0.407 e. The molecule has 1 aliphatic heterocycles. The van der Waals surface area contributed by atoms with Gasteiger partial charge in [0.25, 0.3) is 0 Å². The molecule has 3 N–H and O–H groups in total. The molecule has 0 saturated heterocycles. The van der Waals surface area contributed by atoms with Gasteiger partial charge in [-0.25, -0.2) is 9.59 Å². The number of anilines is 1. The van der Waals surface area contributed by atoms with Gasteiger partial charge in [0.1, 0.15) is 0 Å². The Bertz CT molecular complexity index is 612. The van der Waals surface area contributed by atoms with Gasteiger partial charge in [-0.2, -0.15) is 0 Å². The SMILES string of the molecule is O=C(NCC1CCCCC1)Nc1ccc2c(c1)CCN(C(=O)O)C2. The van der Waals surface area contributed by atoms with Crippen molar-refractivity contribution in [3.63, 3.8) is 0 Å². The van der Waals surface area contributed by atoms with Gasteiger partial charge in [-0.15, -0.1) is 0 Å². The Balaban J connectivity index is 1.52. The minimum absolute atomic E-state index is 0.163. The standard InChI is InChI=1S/C18H25N3O3/c22-17(19-11-13-4-2-1-3-5-13)20-16-7-6-15-12-21(18(23)24)9-8-14(15)10-16/h6-7,10,13H,1-5,8-9,11-12H2,(H,23,24)(H2,19,20,22). The van der Waals surface area contributed by atoms with E-state index in [1.54, 1.807) is 0 Å². The second-order valence-corrected chi connectivity index (χ2v) is 6.78. The quantitative estimate of drug-likeness (QED) is 0.793. The molecule has 0 unspecified atom stereocenters. The number of hydrogen-bond donors (Lipinski definition) is 3. The molecule has 6 heteroatoms. The second kappa shape index (κ2) is 7.55. The Morgan fingerprint density at radius 1 is 1.17 bits per heavy atom. The van der Waals surface area contributed by atoms with E-state index in [0.717, 1.165) is 23.4 Å². The molecule has 1 fully saturated rings. The summed E-state index contributed by atoms with van der Waals surface area (Å²) in [6, 6.07) is 5.53. The van der Waals surface area contributed by atoms with Crippen molar-refractivity contribution in [1.29, 1.82) is 0 Å². The van der Waals surface area contributed by atoms with E-state index in [2.05, 4.69) is 10.6 Å². The number of nitrogens with zero attached hydrogens (tertiary/aromatic N) is 1. The van der Waals surface area contributed by atoms with Crippen LogP contribution >= 0.6 is 0 Å². The Morgan fingerprint density at radius 3 is 2.71 bits per heavy atom. The highest BCUT2D eigenvalue weighted by Gasteiger charge is 2.20. The lowest BCUT2D eigenvalue weighted by Gasteiger charge is -2.26. The Kier molecular flexibility index (Phi) is 5.23. The molecule has 0 spiro atoms. The van der Waals surface area contributed by atoms with Crippen molar-refractivity contribution in [2.24, 2.45) is 5.92 Å². The Hall–Kier alpha value is -2.24. The highest BCUT2D eigenvalue weighted by molar-refractivity contribution is 5.89. The number of hydrogen-bond acceptors (Lipinski definition) is 2. The fourth-order valence-corrected chi connectivity index (χ4v) is 3.60. The minimum Gasteiger partial charge on any atom is -0.465 e. The molecule has 24 heavy (non-hydrogen) atoms. The van der Waals surface area contributed by atoms with Crippen LogP contribution in [0.15, 0.2) is 18.2 Å². The summed E-state index contributed by atoms with van der Waals surface area (Å²) in [4.78, 5) is 24.5. The summed E-state index contributed by atoms with van der Waals surface area (Å²) in [7, 11) is 0. The molecule has 1 aromatic rings. The van der Waals surface area contributed by atoms with Crippen molar-refractivity contribution in [2.75, 3.05) is 18.4 Å². The maximum atomic E-state index is 12.1. The lowest BCUT2D eigenvalue weighted by atomic mass is 9.89. The second-order valence-electron chi connectivity index (χ2n) is 6.78. The van der Waals surface area contributed by atoms with E-state index in [4.69, 9.17) is 5.11 Å². The predicted octanol–water partition coefficient (Wildman–Crippen LogP) is 3.42. The largest absolute Gasteiger partial charge is 0.465 e. The number of amides is 3. The molecule has 3 amide bonds. The normalized spacial score (nSPS) is 17.9. The van der Waals surface area contributed by atoms with E-state index < -0.39 is 6.09 Å². The van der Waals surface area contributed by atoms with Crippen LogP contribution in [0.1, 0.15) is 43.2 Å². The molecular formula is C18H25N3O3. The number of urea groups is 1. The van der Waals surface area contributed by atoms with E-state index in [0.29, 0.717) is 25.4 Å². The fourth-order valence-electron chi connectivity index (χ4n) is 3.60. The molecule has 0 bridgehead atoms. The minimum atomic E-state index is -0.884. The summed E-state index contributed by atoms with van der Waals surface area (Å²) >= 11 is 0. The van der Waals surface area contributed by atoms with Crippen molar-refractivity contribution in [1.82, 2.24) is 10.2 Å². The third-order valence-corrected chi connectivity index (χ3v) is 5.02. The van der Waals surface area contributed by atoms with Gasteiger partial charge in [-0.1, -0.05) is 25.3 Å². The first-order valence-corrected chi connectivity index (χ1v) is 8.76. The molecule has 0 atom stereocenters. The molecule has 1 saturated carbocycles. The number of rotatable bonds is 3. The van der Waals surface area contributed by atoms with Gasteiger partial charge in [0.2, 0.25) is 0 Å². The molecule has 0 aromatic heterocycles. The van der Waals surface area contributed by atoms with Gasteiger partial charge in [0.05, 0.1) is 0 Å². The van der Waals surface area contributed by atoms with Gasteiger partial charge in [0, 0.05) is 25.3 Å². The van der Waals surface area contributed by atoms with Crippen molar-refractivity contribution in [3.8, 4) is 0 Å². The van der Waals surface area contributed by atoms with E-state index in [-0.39, 0.29) is 6.03 Å². The average Bonchev–Trinajstić information content (AvgIpc) is 2.60. The highest BCUT2D eigenvalue weighted by atomic mass is 16.4. The number of fused-ring (bicyclic) bond motifs is 1. The molecule has 6 nitrogen and oxygen atoms in total. The Labute approximate surface area is 142 Å². The summed E-state index contributed by atoms with van der Waals surface area (Å²) in [6.07, 6.45) is 6.07. The van der Waals surface area contributed by atoms with Crippen LogP contribution in [-0.2, 0) is 13.0 Å². The van der Waals surface area contributed by atoms with Gasteiger partial charge >= 0.3 is 12.1 Å². The summed E-state index contributed by atoms with van der Waals surface area (Å²) < 4.78 is 0. The van der Waals surface area contributed by atoms with Crippen LogP contribution in [-0.4, -0.2) is 35.2 Å². The van der Waals surface area contributed by atoms with Crippen LogP contribution in [0, 0.1) is 5.92 Å². The first-order valence-electron chi connectivity index (χ1n) is 8.76. The average molecular weight is 331 g/mol. The zero-order valence-electron chi connectivity index (χ0n) is 13.9. The van der Waals surface area contributed by atoms with Gasteiger partial charge in [0.15, 0.2) is 0 Å². The third kappa shape index (κ3) is 4.19. The van der Waals surface area contributed by atoms with E-state index in [9.17, 15) is 9.59 Å². The third-order valence-electron chi connectivity index (χ3n) is 5.02. The molecule has 1 aliphatic carbocycles. The van der Waals surface area contributed by atoms with Crippen LogP contribution in [0.25, 0.3) is 0 Å². The lowest BCUT2D eigenvalue weighted by Crippen LogP contribution is -2.35. The highest BCUT2D eigenvalue weighted by Crippen LogP contribution is 2.24. The number of nitrogens with one attached hydrogen (secondary N) is 2. The Morgan fingerprint density at radius 2 is 1.96 bits per heavy atom. The lowest BCUT2D eigenvalue weighted by molar-refractivity contribution is 0.140. The number of carbonyl (C=O) groups excluding carboxylic acids is 1. The maximum absolute atomic E-state index is 12.1. The summed E-state index contributed by atoms with van der Waals surface area (Å²) in [5.41, 5.74) is 2.88. The van der Waals surface area contributed by atoms with Crippen molar-refractivity contribution in [3.05, 3.63) is 29.3 Å². The summed E-state index contributed by atoms with van der Waals surface area (Å²) in [5.74, 6) is 0.607. The van der Waals surface area contributed by atoms with E-state index >= 15 is 0 Å². The van der Waals surface area contributed by atoms with E-state index in [1.165, 1.54) is 37.0 Å². The monoisotopic (exact) mass is 331 g/mol. The summed E-state index contributed by atoms with van der Waals surface area (Å²) in [6.45, 7) is 1.66. The van der Waals surface area contributed by atoms with Gasteiger partial charge < -0.3 is 20.6 Å². The topological polar surface area (TPSA) is 81.7 Å². The van der Waals surface area contributed by atoms with Crippen molar-refractivity contribution >= 4 is 17.8 Å². The number of carboxylic acid groups (broad SMARTS) is 1. The maximum Gasteiger partial charge on any atom is 0.407 e. The zero-order chi connectivity index (χ0) is 16.9. The molecule has 130 valence electrons. The van der Waals surface area contributed by atoms with E-state index in [1.807, 2.05) is 18.2 Å². The molecule has 1 aromatic carbocycles. The van der Waals surface area contributed by atoms with Crippen molar-refractivity contribution in [2.45, 2.75) is 45.1 Å². The van der Waals surface area contributed by atoms with Crippen LogP contribution in [0.5, 0.6) is 0 Å². The number of carbonyl (C=O) groups is 2. The molecule has 1 heterocycles. The van der Waals surface area contributed by atoms with Crippen LogP contribution < -0.4 is 10.6 Å². The zero-order valence-corrected chi connectivity index (χ0v) is 13.9.